The van der Waals surface area contributed by atoms with Gasteiger partial charge in [-0.05, 0) is 46.6 Å². The number of rotatable bonds is 11. The smallest absolute Gasteiger partial charge is 0.356 e. The number of aromatic nitrogens is 1. The van der Waals surface area contributed by atoms with Crippen LogP contribution in [0.5, 0.6) is 0 Å². The van der Waals surface area contributed by atoms with Gasteiger partial charge >= 0.3 is 11.9 Å². The van der Waals surface area contributed by atoms with Crippen molar-refractivity contribution in [2.24, 2.45) is 0 Å². The van der Waals surface area contributed by atoms with Crippen molar-refractivity contribution in [3.63, 3.8) is 0 Å². The van der Waals surface area contributed by atoms with E-state index < -0.39 is 52.4 Å². The second kappa shape index (κ2) is 14.5. The van der Waals surface area contributed by atoms with E-state index in [1.165, 1.54) is 6.92 Å². The van der Waals surface area contributed by atoms with Gasteiger partial charge in [0.15, 0.2) is 12.1 Å². The van der Waals surface area contributed by atoms with Crippen LogP contribution in [0.2, 0.25) is 5.02 Å². The van der Waals surface area contributed by atoms with Gasteiger partial charge in [0.1, 0.15) is 18.1 Å². The van der Waals surface area contributed by atoms with E-state index in [2.05, 4.69) is 15.6 Å². The van der Waals surface area contributed by atoms with Crippen LogP contribution in [0.25, 0.3) is 10.9 Å². The van der Waals surface area contributed by atoms with E-state index in [1.807, 2.05) is 66.7 Å². The molecule has 3 aromatic carbocycles. The number of nitrogens with one attached hydrogen (secondary N) is 2. The summed E-state index contributed by atoms with van der Waals surface area (Å²) in [6, 6.07) is 24.2. The third-order valence-corrected chi connectivity index (χ3v) is 9.86. The molecule has 11 nitrogen and oxygen atoms in total. The van der Waals surface area contributed by atoms with E-state index in [0.717, 1.165) is 16.0 Å². The Morgan fingerprint density at radius 2 is 1.73 bits per heavy atom. The van der Waals surface area contributed by atoms with Crippen molar-refractivity contribution < 1.29 is 33.2 Å². The lowest BCUT2D eigenvalue weighted by molar-refractivity contribution is -0.155. The molecule has 13 heteroatoms. The normalized spacial score (nSPS) is 18.6. The Morgan fingerprint density at radius 1 is 1.04 bits per heavy atom. The second-order valence-electron chi connectivity index (χ2n) is 11.2. The number of halogens is 1. The number of hydrogen-bond donors (Lipinski definition) is 2. The van der Waals surface area contributed by atoms with Crippen molar-refractivity contribution in [1.29, 1.82) is 0 Å². The minimum atomic E-state index is -1.72. The standard InChI is InChI=1S/C35H31ClN4O7S/c1-21(41)46-19-24-20-48(45)34-30(39-29(42)15-17-37-27-14-16-38-28-18-25(36)12-13-26(27)28)33(43)40(34)31(24)35(44)47-32(22-8-4-2-5-9-22)23-10-6-3-7-11-23/h2-14,16,18,30,32,34H,15,17,19-20H2,1H3,(H,37,38)(H,39,42)/t30-,34-,48?/m1/s1. The third kappa shape index (κ3) is 7.01. The highest BCUT2D eigenvalue weighted by molar-refractivity contribution is 7.92. The topological polar surface area (TPSA) is 150 Å². The van der Waals surface area contributed by atoms with Gasteiger partial charge in [-0.2, -0.15) is 0 Å². The zero-order valence-corrected chi connectivity index (χ0v) is 27.3. The van der Waals surface area contributed by atoms with Gasteiger partial charge in [-0.3, -0.25) is 24.3 Å². The lowest BCUT2D eigenvalue weighted by Gasteiger charge is -2.49. The van der Waals surface area contributed by atoms with E-state index in [0.29, 0.717) is 21.7 Å². The van der Waals surface area contributed by atoms with E-state index in [1.54, 1.807) is 24.4 Å². The van der Waals surface area contributed by atoms with E-state index in [9.17, 15) is 23.7 Å². The summed E-state index contributed by atoms with van der Waals surface area (Å²) < 4.78 is 24.7. The fourth-order valence-corrected chi connectivity index (χ4v) is 7.55. The van der Waals surface area contributed by atoms with Gasteiger partial charge < -0.3 is 24.7 Å². The molecular weight excluding hydrogens is 656 g/mol. The molecule has 48 heavy (non-hydrogen) atoms. The van der Waals surface area contributed by atoms with Gasteiger partial charge in [0.2, 0.25) is 11.3 Å². The molecule has 0 radical (unpaired) electrons. The molecule has 0 saturated carbocycles. The lowest BCUT2D eigenvalue weighted by atomic mass is 10.0. The van der Waals surface area contributed by atoms with Gasteiger partial charge in [0.05, 0.1) is 5.52 Å². The number of anilines is 1. The number of pyridine rings is 1. The molecule has 0 aliphatic carbocycles. The summed E-state index contributed by atoms with van der Waals surface area (Å²) >= 11 is 4.36. The van der Waals surface area contributed by atoms with Crippen molar-refractivity contribution in [2.75, 3.05) is 24.2 Å². The summed E-state index contributed by atoms with van der Waals surface area (Å²) in [6.07, 6.45) is 0.829. The predicted molar refractivity (Wildman–Crippen MR) is 180 cm³/mol. The number of carbonyl (C=O) groups excluding carboxylic acids is 4. The lowest BCUT2D eigenvalue weighted by Crippen LogP contribution is -2.75. The second-order valence-corrected chi connectivity index (χ2v) is 13.2. The highest BCUT2D eigenvalue weighted by Crippen LogP contribution is 2.39. The minimum Gasteiger partial charge on any atom is -0.614 e. The number of ether oxygens (including phenoxy) is 2. The van der Waals surface area contributed by atoms with Crippen LogP contribution in [0.1, 0.15) is 30.6 Å². The molecule has 1 saturated heterocycles. The number of esters is 2. The minimum absolute atomic E-state index is 0.0127. The van der Waals surface area contributed by atoms with Crippen molar-refractivity contribution in [1.82, 2.24) is 15.2 Å². The molecule has 4 aromatic rings. The number of fused-ring (bicyclic) bond motifs is 2. The van der Waals surface area contributed by atoms with Crippen LogP contribution in [-0.2, 0) is 39.8 Å². The molecular formula is C35H31ClN4O7S. The molecule has 1 fully saturated rings. The van der Waals surface area contributed by atoms with Crippen molar-refractivity contribution in [3.8, 4) is 0 Å². The number of amides is 2. The predicted octanol–water partition coefficient (Wildman–Crippen LogP) is 4.26. The average Bonchev–Trinajstić information content (AvgIpc) is 3.09. The fraction of sp³-hybridized carbons (Fsp3) is 0.229. The maximum absolute atomic E-state index is 13.9. The molecule has 2 aliphatic heterocycles. The molecule has 3 atom stereocenters. The molecule has 2 amide bonds. The van der Waals surface area contributed by atoms with Gasteiger partial charge in [-0.1, -0.05) is 72.3 Å². The number of β-lactam (4-membered cyclic amide) rings is 1. The van der Waals surface area contributed by atoms with Crippen LogP contribution in [0.3, 0.4) is 0 Å². The van der Waals surface area contributed by atoms with Gasteiger partial charge in [0, 0.05) is 47.8 Å². The van der Waals surface area contributed by atoms with Crippen LogP contribution in [0.4, 0.5) is 5.69 Å². The number of hydrogen-bond acceptors (Lipinski definition) is 9. The van der Waals surface area contributed by atoms with Crippen LogP contribution in [-0.4, -0.2) is 68.5 Å². The first-order chi connectivity index (χ1) is 23.2. The molecule has 2 aliphatic rings. The molecule has 2 N–H and O–H groups in total. The zero-order chi connectivity index (χ0) is 33.8. The summed E-state index contributed by atoms with van der Waals surface area (Å²) in [5.41, 5.74) is 2.92. The molecule has 0 spiro atoms. The Bertz CT molecular complexity index is 1850. The summed E-state index contributed by atoms with van der Waals surface area (Å²) in [4.78, 5) is 57.6. The van der Waals surface area contributed by atoms with Crippen LogP contribution in [0.15, 0.2) is 102 Å². The van der Waals surface area contributed by atoms with E-state index in [4.69, 9.17) is 21.1 Å². The van der Waals surface area contributed by atoms with Crippen molar-refractivity contribution in [2.45, 2.75) is 30.9 Å². The summed E-state index contributed by atoms with van der Waals surface area (Å²) in [6.45, 7) is 1.11. The van der Waals surface area contributed by atoms with Crippen LogP contribution < -0.4 is 10.6 Å². The molecule has 1 unspecified atom stereocenters. The van der Waals surface area contributed by atoms with Crippen LogP contribution in [0, 0.1) is 0 Å². The molecule has 6 rings (SSSR count). The Balaban J connectivity index is 1.18. The van der Waals surface area contributed by atoms with Gasteiger partial charge in [0.25, 0.3) is 5.91 Å². The first-order valence-corrected chi connectivity index (χ1v) is 16.9. The fourth-order valence-electron chi connectivity index (χ4n) is 5.72. The number of benzene rings is 3. The Labute approximate surface area is 284 Å². The SMILES string of the molecule is CC(=O)OCC1=C(C(=O)OC(c2ccccc2)c2ccccc2)N2C(=O)[C@@H](NC(=O)CCNc3ccnc4cc(Cl)ccc34)[C@H]2[S+]([O-])C1. The summed E-state index contributed by atoms with van der Waals surface area (Å²) in [5.74, 6) is -2.65. The summed E-state index contributed by atoms with van der Waals surface area (Å²) in [7, 11) is 0. The molecule has 3 heterocycles. The number of carbonyl (C=O) groups is 4. The Kier molecular flexibility index (Phi) is 9.95. The van der Waals surface area contributed by atoms with Gasteiger partial charge in [-0.25, -0.2) is 4.79 Å². The quantitative estimate of drug-likeness (QED) is 0.134. The average molecular weight is 687 g/mol. The van der Waals surface area contributed by atoms with Gasteiger partial charge in [-0.15, -0.1) is 0 Å². The first kappa shape index (κ1) is 33.0. The van der Waals surface area contributed by atoms with Crippen molar-refractivity contribution in [3.05, 3.63) is 119 Å². The van der Waals surface area contributed by atoms with Crippen molar-refractivity contribution >= 4 is 63.1 Å². The molecule has 1 aromatic heterocycles. The highest BCUT2D eigenvalue weighted by Gasteiger charge is 2.61. The highest BCUT2D eigenvalue weighted by atomic mass is 35.5. The first-order valence-electron chi connectivity index (χ1n) is 15.2. The van der Waals surface area contributed by atoms with E-state index in [-0.39, 0.29) is 36.6 Å². The maximum atomic E-state index is 13.9. The third-order valence-electron chi connectivity index (χ3n) is 7.97. The summed E-state index contributed by atoms with van der Waals surface area (Å²) in [5, 5.41) is 6.29. The largest absolute Gasteiger partial charge is 0.614 e. The molecule has 246 valence electrons. The monoisotopic (exact) mass is 686 g/mol. The molecule has 0 bridgehead atoms. The number of nitrogens with zero attached hydrogens (tertiary/aromatic N) is 2. The van der Waals surface area contributed by atoms with E-state index >= 15 is 0 Å². The van der Waals surface area contributed by atoms with Crippen LogP contribution >= 0.6 is 11.6 Å². The zero-order valence-electron chi connectivity index (χ0n) is 25.8. The Hall–Kier alpha value is -4.91. The maximum Gasteiger partial charge on any atom is 0.356 e. The Morgan fingerprint density at radius 3 is 2.40 bits per heavy atom.